The second-order valence-electron chi connectivity index (χ2n) is 7.26. The molecule has 7 heteroatoms. The van der Waals surface area contributed by atoms with Crippen LogP contribution in [0.1, 0.15) is 30.1 Å². The fourth-order valence-corrected chi connectivity index (χ4v) is 3.68. The Morgan fingerprint density at radius 2 is 1.80 bits per heavy atom. The molecule has 1 aliphatic heterocycles. The lowest BCUT2D eigenvalue weighted by Crippen LogP contribution is -2.31. The highest BCUT2D eigenvalue weighted by Crippen LogP contribution is 2.28. The fourth-order valence-electron chi connectivity index (χ4n) is 3.50. The van der Waals surface area contributed by atoms with Crippen LogP contribution in [0.4, 0.5) is 11.5 Å². The van der Waals surface area contributed by atoms with Crippen molar-refractivity contribution in [3.8, 4) is 0 Å². The Morgan fingerprint density at radius 1 is 1.10 bits per heavy atom. The Morgan fingerprint density at radius 3 is 2.57 bits per heavy atom. The summed E-state index contributed by atoms with van der Waals surface area (Å²) in [5, 5.41) is 3.96. The Bertz CT molecular complexity index is 1100. The van der Waals surface area contributed by atoms with Crippen LogP contribution >= 0.6 is 11.6 Å². The standard InChI is InChI=1S/C23H22ClN3O3/c1-15(22(28)26-20-11-5-3-9-18(20)24)30-23(29)17-14-16-8-2-4-10-19(16)25-21(17)27-12-6-7-13-27/h2-5,8-11,14-15H,6-7,12-13H2,1H3,(H,26,28). The Kier molecular flexibility index (Phi) is 5.86. The molecule has 3 aromatic rings. The minimum Gasteiger partial charge on any atom is -0.449 e. The molecule has 0 radical (unpaired) electrons. The Labute approximate surface area is 179 Å². The molecule has 0 aliphatic carbocycles. The number of hydrogen-bond donors (Lipinski definition) is 1. The third-order valence-electron chi connectivity index (χ3n) is 5.11. The highest BCUT2D eigenvalue weighted by atomic mass is 35.5. The van der Waals surface area contributed by atoms with Crippen LogP contribution in [0, 0.1) is 0 Å². The van der Waals surface area contributed by atoms with Crippen LogP contribution in [0.3, 0.4) is 0 Å². The van der Waals surface area contributed by atoms with Gasteiger partial charge in [-0.25, -0.2) is 9.78 Å². The Hall–Kier alpha value is -3.12. The molecular formula is C23H22ClN3O3. The van der Waals surface area contributed by atoms with Crippen molar-refractivity contribution in [2.75, 3.05) is 23.3 Å². The number of hydrogen-bond acceptors (Lipinski definition) is 5. The number of amides is 1. The predicted molar refractivity (Wildman–Crippen MR) is 118 cm³/mol. The van der Waals surface area contributed by atoms with E-state index in [1.54, 1.807) is 30.3 Å². The highest BCUT2D eigenvalue weighted by Gasteiger charge is 2.26. The summed E-state index contributed by atoms with van der Waals surface area (Å²) in [6.07, 6.45) is 1.12. The van der Waals surface area contributed by atoms with Gasteiger partial charge in [0.15, 0.2) is 6.10 Å². The van der Waals surface area contributed by atoms with E-state index in [0.717, 1.165) is 36.8 Å². The summed E-state index contributed by atoms with van der Waals surface area (Å²) in [7, 11) is 0. The molecule has 6 nitrogen and oxygen atoms in total. The van der Waals surface area contributed by atoms with Gasteiger partial charge in [-0.1, -0.05) is 41.9 Å². The number of halogens is 1. The van der Waals surface area contributed by atoms with Gasteiger partial charge in [0.25, 0.3) is 5.91 Å². The molecule has 1 unspecified atom stereocenters. The lowest BCUT2D eigenvalue weighted by Gasteiger charge is -2.21. The molecule has 0 saturated carbocycles. The summed E-state index contributed by atoms with van der Waals surface area (Å²) >= 11 is 6.09. The van der Waals surface area contributed by atoms with Crippen LogP contribution in [0.5, 0.6) is 0 Å². The van der Waals surface area contributed by atoms with Crippen LogP contribution in [0.15, 0.2) is 54.6 Å². The maximum absolute atomic E-state index is 13.0. The van der Waals surface area contributed by atoms with Crippen molar-refractivity contribution in [2.45, 2.75) is 25.9 Å². The van der Waals surface area contributed by atoms with E-state index < -0.39 is 18.0 Å². The summed E-state index contributed by atoms with van der Waals surface area (Å²) in [6, 6.07) is 16.3. The van der Waals surface area contributed by atoms with Crippen LogP contribution < -0.4 is 10.2 Å². The molecule has 1 aromatic heterocycles. The maximum Gasteiger partial charge on any atom is 0.342 e. The van der Waals surface area contributed by atoms with Gasteiger partial charge >= 0.3 is 5.97 Å². The normalized spacial score (nSPS) is 14.5. The summed E-state index contributed by atoms with van der Waals surface area (Å²) in [5.74, 6) is -0.417. The van der Waals surface area contributed by atoms with Crippen molar-refractivity contribution >= 4 is 45.9 Å². The first kappa shape index (κ1) is 20.2. The number of benzene rings is 2. The zero-order valence-electron chi connectivity index (χ0n) is 16.6. The first-order valence-corrected chi connectivity index (χ1v) is 10.3. The SMILES string of the molecule is CC(OC(=O)c1cc2ccccc2nc1N1CCCC1)C(=O)Nc1ccccc1Cl. The Balaban J connectivity index is 1.56. The molecule has 30 heavy (non-hydrogen) atoms. The number of nitrogens with one attached hydrogen (secondary N) is 1. The minimum atomic E-state index is -0.994. The number of anilines is 2. The third-order valence-corrected chi connectivity index (χ3v) is 5.44. The number of carbonyl (C=O) groups excluding carboxylic acids is 2. The lowest BCUT2D eigenvalue weighted by molar-refractivity contribution is -0.123. The summed E-state index contributed by atoms with van der Waals surface area (Å²) in [6.45, 7) is 3.22. The van der Waals surface area contributed by atoms with Gasteiger partial charge in [0, 0.05) is 18.5 Å². The number of para-hydroxylation sites is 2. The number of esters is 1. The molecule has 0 spiro atoms. The van der Waals surface area contributed by atoms with E-state index in [4.69, 9.17) is 21.3 Å². The van der Waals surface area contributed by atoms with E-state index in [1.165, 1.54) is 6.92 Å². The van der Waals surface area contributed by atoms with Gasteiger partial charge in [-0.05, 0) is 44.0 Å². The number of nitrogens with zero attached hydrogens (tertiary/aromatic N) is 2. The number of pyridine rings is 1. The topological polar surface area (TPSA) is 71.5 Å². The molecule has 2 heterocycles. The van der Waals surface area contributed by atoms with Gasteiger partial charge < -0.3 is 15.0 Å². The molecule has 1 fully saturated rings. The molecule has 1 atom stereocenters. The van der Waals surface area contributed by atoms with Crippen molar-refractivity contribution in [3.63, 3.8) is 0 Å². The molecule has 2 aromatic carbocycles. The third kappa shape index (κ3) is 4.24. The van der Waals surface area contributed by atoms with Crippen molar-refractivity contribution in [3.05, 3.63) is 65.2 Å². The average molecular weight is 424 g/mol. The van der Waals surface area contributed by atoms with Crippen LogP contribution in [0.25, 0.3) is 10.9 Å². The molecule has 4 rings (SSSR count). The molecule has 1 saturated heterocycles. The van der Waals surface area contributed by atoms with Crippen molar-refractivity contribution < 1.29 is 14.3 Å². The van der Waals surface area contributed by atoms with Crippen molar-refractivity contribution in [1.29, 1.82) is 0 Å². The lowest BCUT2D eigenvalue weighted by atomic mass is 10.1. The summed E-state index contributed by atoms with van der Waals surface area (Å²) in [5.41, 5.74) is 1.66. The van der Waals surface area contributed by atoms with Gasteiger partial charge in [0.05, 0.1) is 16.2 Å². The highest BCUT2D eigenvalue weighted by molar-refractivity contribution is 6.33. The smallest absolute Gasteiger partial charge is 0.342 e. The number of aromatic nitrogens is 1. The molecular weight excluding hydrogens is 402 g/mol. The van der Waals surface area contributed by atoms with Gasteiger partial charge in [-0.2, -0.15) is 0 Å². The minimum absolute atomic E-state index is 0.369. The van der Waals surface area contributed by atoms with E-state index in [1.807, 2.05) is 24.3 Å². The van der Waals surface area contributed by atoms with Crippen LogP contribution in [-0.4, -0.2) is 36.1 Å². The van der Waals surface area contributed by atoms with E-state index in [0.29, 0.717) is 22.1 Å². The number of ether oxygens (including phenoxy) is 1. The van der Waals surface area contributed by atoms with E-state index in [2.05, 4.69) is 10.2 Å². The second kappa shape index (κ2) is 8.71. The summed E-state index contributed by atoms with van der Waals surface area (Å²) < 4.78 is 5.50. The van der Waals surface area contributed by atoms with Crippen molar-refractivity contribution in [2.24, 2.45) is 0 Å². The molecule has 154 valence electrons. The van der Waals surface area contributed by atoms with Crippen LogP contribution in [0.2, 0.25) is 5.02 Å². The molecule has 1 aliphatic rings. The van der Waals surface area contributed by atoms with E-state index in [9.17, 15) is 9.59 Å². The van der Waals surface area contributed by atoms with E-state index in [-0.39, 0.29) is 0 Å². The van der Waals surface area contributed by atoms with Gasteiger partial charge in [0.2, 0.25) is 0 Å². The predicted octanol–water partition coefficient (Wildman–Crippen LogP) is 4.67. The molecule has 1 amide bonds. The zero-order valence-corrected chi connectivity index (χ0v) is 17.4. The first-order chi connectivity index (χ1) is 14.5. The quantitative estimate of drug-likeness (QED) is 0.603. The molecule has 1 N–H and O–H groups in total. The largest absolute Gasteiger partial charge is 0.449 e. The fraction of sp³-hybridized carbons (Fsp3) is 0.261. The second-order valence-corrected chi connectivity index (χ2v) is 7.67. The van der Waals surface area contributed by atoms with Gasteiger partial charge in [0.1, 0.15) is 11.4 Å². The van der Waals surface area contributed by atoms with Gasteiger partial charge in [-0.15, -0.1) is 0 Å². The zero-order chi connectivity index (χ0) is 21.1. The van der Waals surface area contributed by atoms with Crippen molar-refractivity contribution in [1.82, 2.24) is 4.98 Å². The van der Waals surface area contributed by atoms with Crippen LogP contribution in [-0.2, 0) is 9.53 Å². The first-order valence-electron chi connectivity index (χ1n) is 9.94. The maximum atomic E-state index is 13.0. The average Bonchev–Trinajstić information content (AvgIpc) is 3.29. The van der Waals surface area contributed by atoms with E-state index >= 15 is 0 Å². The number of fused-ring (bicyclic) bond motifs is 1. The number of rotatable bonds is 5. The van der Waals surface area contributed by atoms with Gasteiger partial charge in [-0.3, -0.25) is 4.79 Å². The molecule has 0 bridgehead atoms. The summed E-state index contributed by atoms with van der Waals surface area (Å²) in [4.78, 5) is 32.3. The number of carbonyl (C=O) groups is 2. The monoisotopic (exact) mass is 423 g/mol.